The molecule has 1 aliphatic carbocycles. The number of aromatic nitrogens is 1. The molecule has 94 valence electrons. The minimum atomic E-state index is 0.208. The molecule has 0 bridgehead atoms. The quantitative estimate of drug-likeness (QED) is 0.846. The lowest BCUT2D eigenvalue weighted by molar-refractivity contribution is 0.295. The van der Waals surface area contributed by atoms with Gasteiger partial charge in [-0.05, 0) is 49.5 Å². The highest BCUT2D eigenvalue weighted by molar-refractivity contribution is 5.50. The van der Waals surface area contributed by atoms with E-state index in [1.165, 1.54) is 43.4 Å². The van der Waals surface area contributed by atoms with E-state index in [4.69, 9.17) is 0 Å². The van der Waals surface area contributed by atoms with Crippen molar-refractivity contribution in [3.8, 4) is 0 Å². The molecule has 1 aliphatic rings. The second-order valence-electron chi connectivity index (χ2n) is 4.93. The zero-order valence-electron chi connectivity index (χ0n) is 10.7. The minimum absolute atomic E-state index is 0.208. The molecule has 0 radical (unpaired) electrons. The monoisotopic (exact) mass is 233 g/mol. The first-order valence-electron chi connectivity index (χ1n) is 6.81. The molecule has 0 aromatic carbocycles. The summed E-state index contributed by atoms with van der Waals surface area (Å²) in [6, 6.07) is 4.20. The molecule has 17 heavy (non-hydrogen) atoms. The maximum Gasteiger partial charge on any atom is 0.0648 e. The van der Waals surface area contributed by atoms with Gasteiger partial charge in [-0.25, -0.2) is 0 Å². The number of rotatable bonds is 4. The van der Waals surface area contributed by atoms with Gasteiger partial charge < -0.3 is 9.67 Å². The van der Waals surface area contributed by atoms with Gasteiger partial charge in [0.1, 0.15) is 0 Å². The van der Waals surface area contributed by atoms with Crippen molar-refractivity contribution in [2.45, 2.75) is 45.6 Å². The SMILES string of the molecule is CCn1cccc1C=C(CO)C1CCCCC1. The molecular weight excluding hydrogens is 210 g/mol. The van der Waals surface area contributed by atoms with Gasteiger partial charge in [0.05, 0.1) is 6.61 Å². The molecule has 0 unspecified atom stereocenters. The summed E-state index contributed by atoms with van der Waals surface area (Å²) in [5.41, 5.74) is 2.44. The van der Waals surface area contributed by atoms with Crippen LogP contribution >= 0.6 is 0 Å². The second-order valence-corrected chi connectivity index (χ2v) is 4.93. The van der Waals surface area contributed by atoms with Gasteiger partial charge in [0.15, 0.2) is 0 Å². The number of hydrogen-bond acceptors (Lipinski definition) is 1. The lowest BCUT2D eigenvalue weighted by atomic mass is 9.83. The van der Waals surface area contributed by atoms with E-state index in [2.05, 4.69) is 35.9 Å². The number of aliphatic hydroxyl groups is 1. The Kier molecular flexibility index (Phi) is 4.43. The standard InChI is InChI=1S/C15H23NO/c1-2-16-10-6-9-15(16)11-14(12-17)13-7-4-3-5-8-13/h6,9-11,13,17H,2-5,7-8,12H2,1H3. The van der Waals surface area contributed by atoms with Gasteiger partial charge in [-0.1, -0.05) is 19.3 Å². The van der Waals surface area contributed by atoms with Crippen molar-refractivity contribution >= 4 is 6.08 Å². The Labute approximate surface area is 104 Å². The Morgan fingerprint density at radius 3 is 2.82 bits per heavy atom. The molecule has 0 spiro atoms. The number of hydrogen-bond donors (Lipinski definition) is 1. The van der Waals surface area contributed by atoms with Crippen LogP contribution in [0.15, 0.2) is 23.9 Å². The van der Waals surface area contributed by atoms with E-state index in [9.17, 15) is 5.11 Å². The van der Waals surface area contributed by atoms with Crippen molar-refractivity contribution in [1.82, 2.24) is 4.57 Å². The van der Waals surface area contributed by atoms with Crippen molar-refractivity contribution < 1.29 is 5.11 Å². The largest absolute Gasteiger partial charge is 0.392 e. The summed E-state index contributed by atoms with van der Waals surface area (Å²) in [5.74, 6) is 0.606. The molecule has 0 saturated heterocycles. The van der Waals surface area contributed by atoms with Crippen LogP contribution in [0.5, 0.6) is 0 Å². The van der Waals surface area contributed by atoms with Crippen LogP contribution in [-0.2, 0) is 6.54 Å². The lowest BCUT2D eigenvalue weighted by Crippen LogP contribution is -2.12. The molecule has 0 atom stereocenters. The Balaban J connectivity index is 2.16. The van der Waals surface area contributed by atoms with Gasteiger partial charge in [-0.3, -0.25) is 0 Å². The van der Waals surface area contributed by atoms with Crippen LogP contribution in [0.3, 0.4) is 0 Å². The van der Waals surface area contributed by atoms with Crippen LogP contribution in [0.2, 0.25) is 0 Å². The summed E-state index contributed by atoms with van der Waals surface area (Å²) in [4.78, 5) is 0. The maximum absolute atomic E-state index is 9.56. The van der Waals surface area contributed by atoms with E-state index in [0.717, 1.165) is 6.54 Å². The van der Waals surface area contributed by atoms with E-state index >= 15 is 0 Å². The highest BCUT2D eigenvalue weighted by atomic mass is 16.3. The average Bonchev–Trinajstić information content (AvgIpc) is 2.84. The summed E-state index contributed by atoms with van der Waals surface area (Å²) in [6.45, 7) is 3.35. The fraction of sp³-hybridized carbons (Fsp3) is 0.600. The van der Waals surface area contributed by atoms with Crippen molar-refractivity contribution in [2.24, 2.45) is 5.92 Å². The van der Waals surface area contributed by atoms with E-state index in [0.29, 0.717) is 5.92 Å². The van der Waals surface area contributed by atoms with E-state index in [1.54, 1.807) is 0 Å². The van der Waals surface area contributed by atoms with Crippen LogP contribution < -0.4 is 0 Å². The Bertz CT molecular complexity index is 372. The highest BCUT2D eigenvalue weighted by Crippen LogP contribution is 2.30. The van der Waals surface area contributed by atoms with Crippen molar-refractivity contribution in [3.63, 3.8) is 0 Å². The lowest BCUT2D eigenvalue weighted by Gasteiger charge is -2.23. The molecule has 1 saturated carbocycles. The molecule has 0 aliphatic heterocycles. The normalized spacial score (nSPS) is 18.6. The van der Waals surface area contributed by atoms with Crippen LogP contribution in [0, 0.1) is 5.92 Å². The third-order valence-corrected chi connectivity index (χ3v) is 3.85. The van der Waals surface area contributed by atoms with Crippen LogP contribution in [0.25, 0.3) is 6.08 Å². The first kappa shape index (κ1) is 12.4. The molecule has 1 heterocycles. The third kappa shape index (κ3) is 3.01. The number of nitrogens with zero attached hydrogens (tertiary/aromatic N) is 1. The van der Waals surface area contributed by atoms with Gasteiger partial charge in [-0.15, -0.1) is 0 Å². The maximum atomic E-state index is 9.56. The first-order chi connectivity index (χ1) is 8.35. The molecular formula is C15H23NO. The van der Waals surface area contributed by atoms with Crippen LogP contribution in [-0.4, -0.2) is 16.3 Å². The van der Waals surface area contributed by atoms with Crippen LogP contribution in [0.1, 0.15) is 44.7 Å². The molecule has 0 amide bonds. The van der Waals surface area contributed by atoms with Gasteiger partial charge in [0.25, 0.3) is 0 Å². The first-order valence-corrected chi connectivity index (χ1v) is 6.81. The topological polar surface area (TPSA) is 25.2 Å². The molecule has 1 N–H and O–H groups in total. The zero-order valence-corrected chi connectivity index (χ0v) is 10.7. The minimum Gasteiger partial charge on any atom is -0.392 e. The van der Waals surface area contributed by atoms with Crippen molar-refractivity contribution in [2.75, 3.05) is 6.61 Å². The average molecular weight is 233 g/mol. The predicted molar refractivity (Wildman–Crippen MR) is 71.7 cm³/mol. The number of aryl methyl sites for hydroxylation is 1. The number of aliphatic hydroxyl groups excluding tert-OH is 1. The summed E-state index contributed by atoms with van der Waals surface area (Å²) >= 11 is 0. The molecule has 1 fully saturated rings. The Morgan fingerprint density at radius 2 is 2.18 bits per heavy atom. The molecule has 2 rings (SSSR count). The Hall–Kier alpha value is -1.02. The molecule has 1 aromatic heterocycles. The summed E-state index contributed by atoms with van der Waals surface area (Å²) in [6.07, 6.45) is 10.8. The zero-order chi connectivity index (χ0) is 12.1. The highest BCUT2D eigenvalue weighted by Gasteiger charge is 2.17. The Morgan fingerprint density at radius 1 is 1.41 bits per heavy atom. The summed E-state index contributed by atoms with van der Waals surface area (Å²) < 4.78 is 2.22. The molecule has 2 heteroatoms. The summed E-state index contributed by atoms with van der Waals surface area (Å²) in [7, 11) is 0. The second kappa shape index (κ2) is 6.06. The molecule has 1 aromatic rings. The van der Waals surface area contributed by atoms with Gasteiger partial charge in [0, 0.05) is 18.4 Å². The van der Waals surface area contributed by atoms with E-state index < -0.39 is 0 Å². The fourth-order valence-corrected chi connectivity index (χ4v) is 2.80. The van der Waals surface area contributed by atoms with Crippen LogP contribution in [0.4, 0.5) is 0 Å². The predicted octanol–water partition coefficient (Wildman–Crippen LogP) is 3.46. The van der Waals surface area contributed by atoms with Gasteiger partial charge >= 0.3 is 0 Å². The van der Waals surface area contributed by atoms with Gasteiger partial charge in [0.2, 0.25) is 0 Å². The summed E-state index contributed by atoms with van der Waals surface area (Å²) in [5, 5.41) is 9.56. The fourth-order valence-electron chi connectivity index (χ4n) is 2.80. The third-order valence-electron chi connectivity index (χ3n) is 3.85. The van der Waals surface area contributed by atoms with Crippen molar-refractivity contribution in [3.05, 3.63) is 29.6 Å². The van der Waals surface area contributed by atoms with Gasteiger partial charge in [-0.2, -0.15) is 0 Å². The van der Waals surface area contributed by atoms with E-state index in [-0.39, 0.29) is 6.61 Å². The molecule has 2 nitrogen and oxygen atoms in total. The smallest absolute Gasteiger partial charge is 0.0648 e. The van der Waals surface area contributed by atoms with E-state index in [1.807, 2.05) is 0 Å². The van der Waals surface area contributed by atoms with Crippen molar-refractivity contribution in [1.29, 1.82) is 0 Å².